The third-order valence-corrected chi connectivity index (χ3v) is 6.29. The van der Waals surface area contributed by atoms with E-state index in [-0.39, 0.29) is 24.1 Å². The molecular weight excluding hydrogens is 414 g/mol. The van der Waals surface area contributed by atoms with Crippen LogP contribution in [-0.2, 0) is 6.61 Å². The molecular formula is C24H26F2N4O2. The SMILES string of the molecule is Cc1nc2c(OCc3c(F)cccc3F)cccn2c1C(=O)N[C@H]1CCCN(C2CC2)C1. The van der Waals surface area contributed by atoms with E-state index in [2.05, 4.69) is 15.2 Å². The molecule has 168 valence electrons. The van der Waals surface area contributed by atoms with Gasteiger partial charge in [-0.1, -0.05) is 6.07 Å². The molecule has 0 bridgehead atoms. The minimum absolute atomic E-state index is 0.116. The zero-order valence-corrected chi connectivity index (χ0v) is 18.0. The largest absolute Gasteiger partial charge is 0.485 e. The number of amides is 1. The van der Waals surface area contributed by atoms with Gasteiger partial charge < -0.3 is 10.1 Å². The first-order valence-corrected chi connectivity index (χ1v) is 11.1. The zero-order valence-electron chi connectivity index (χ0n) is 18.0. The predicted octanol–water partition coefficient (Wildman–Crippen LogP) is 3.86. The lowest BCUT2D eigenvalue weighted by Crippen LogP contribution is -2.48. The highest BCUT2D eigenvalue weighted by molar-refractivity contribution is 5.95. The first-order valence-electron chi connectivity index (χ1n) is 11.1. The third kappa shape index (κ3) is 4.07. The number of aromatic nitrogens is 2. The van der Waals surface area contributed by atoms with Crippen LogP contribution in [0.1, 0.15) is 47.4 Å². The summed E-state index contributed by atoms with van der Waals surface area (Å²) in [6.07, 6.45) is 6.31. The first kappa shape index (κ1) is 20.9. The van der Waals surface area contributed by atoms with E-state index < -0.39 is 11.6 Å². The van der Waals surface area contributed by atoms with Crippen LogP contribution < -0.4 is 10.1 Å². The van der Waals surface area contributed by atoms with Crippen LogP contribution in [-0.4, -0.2) is 45.4 Å². The number of aryl methyl sites for hydroxylation is 1. The minimum atomic E-state index is -0.663. The topological polar surface area (TPSA) is 58.9 Å². The van der Waals surface area contributed by atoms with Gasteiger partial charge in [0.25, 0.3) is 5.91 Å². The number of carbonyl (C=O) groups excluding carboxylic acids is 1. The Morgan fingerprint density at radius 3 is 2.72 bits per heavy atom. The molecule has 1 N–H and O–H groups in total. The average molecular weight is 440 g/mol. The third-order valence-electron chi connectivity index (χ3n) is 6.29. The molecule has 2 aromatic heterocycles. The summed E-state index contributed by atoms with van der Waals surface area (Å²) in [6.45, 7) is 3.49. The Morgan fingerprint density at radius 1 is 1.19 bits per heavy atom. The number of ether oxygens (including phenoxy) is 1. The van der Waals surface area contributed by atoms with Gasteiger partial charge in [-0.05, 0) is 63.4 Å². The Hall–Kier alpha value is -3.00. The number of pyridine rings is 1. The summed E-state index contributed by atoms with van der Waals surface area (Å²) in [7, 11) is 0. The molecule has 1 aliphatic heterocycles. The van der Waals surface area contributed by atoms with Crippen molar-refractivity contribution in [2.75, 3.05) is 13.1 Å². The summed E-state index contributed by atoms with van der Waals surface area (Å²) >= 11 is 0. The van der Waals surface area contributed by atoms with E-state index in [1.165, 1.54) is 31.0 Å². The van der Waals surface area contributed by atoms with Crippen molar-refractivity contribution < 1.29 is 18.3 Å². The highest BCUT2D eigenvalue weighted by Gasteiger charge is 2.33. The quantitative estimate of drug-likeness (QED) is 0.633. The molecule has 1 aromatic carbocycles. The Bertz CT molecular complexity index is 1140. The van der Waals surface area contributed by atoms with Gasteiger partial charge in [0, 0.05) is 24.8 Å². The number of hydrogen-bond donors (Lipinski definition) is 1. The maximum atomic E-state index is 13.9. The van der Waals surface area contributed by atoms with E-state index in [0.29, 0.717) is 28.8 Å². The van der Waals surface area contributed by atoms with Gasteiger partial charge in [-0.15, -0.1) is 0 Å². The van der Waals surface area contributed by atoms with Crippen molar-refractivity contribution in [3.8, 4) is 5.75 Å². The van der Waals surface area contributed by atoms with Crippen molar-refractivity contribution in [3.63, 3.8) is 0 Å². The van der Waals surface area contributed by atoms with Crippen molar-refractivity contribution in [3.05, 3.63) is 65.1 Å². The van der Waals surface area contributed by atoms with Gasteiger partial charge in [-0.3, -0.25) is 14.1 Å². The second kappa shape index (κ2) is 8.50. The number of halogens is 2. The van der Waals surface area contributed by atoms with E-state index in [0.717, 1.165) is 25.9 Å². The summed E-state index contributed by atoms with van der Waals surface area (Å²) in [5.41, 5.74) is 1.32. The molecule has 1 atom stereocenters. The monoisotopic (exact) mass is 440 g/mol. The van der Waals surface area contributed by atoms with Crippen molar-refractivity contribution in [1.82, 2.24) is 19.6 Å². The van der Waals surface area contributed by atoms with Crippen LogP contribution in [0.15, 0.2) is 36.5 Å². The molecule has 32 heavy (non-hydrogen) atoms. The van der Waals surface area contributed by atoms with E-state index in [9.17, 15) is 13.6 Å². The second-order valence-electron chi connectivity index (χ2n) is 8.64. The van der Waals surface area contributed by atoms with Crippen LogP contribution in [0.25, 0.3) is 5.65 Å². The molecule has 1 saturated carbocycles. The van der Waals surface area contributed by atoms with Crippen molar-refractivity contribution >= 4 is 11.6 Å². The number of nitrogens with one attached hydrogen (secondary N) is 1. The molecule has 3 heterocycles. The fourth-order valence-corrected chi connectivity index (χ4v) is 4.51. The van der Waals surface area contributed by atoms with Crippen LogP contribution in [0.4, 0.5) is 8.78 Å². The average Bonchev–Trinajstić information content (AvgIpc) is 3.56. The van der Waals surface area contributed by atoms with Crippen LogP contribution >= 0.6 is 0 Å². The Kier molecular flexibility index (Phi) is 5.55. The van der Waals surface area contributed by atoms with Crippen molar-refractivity contribution in [2.24, 2.45) is 0 Å². The maximum absolute atomic E-state index is 13.9. The molecule has 2 fully saturated rings. The molecule has 0 radical (unpaired) electrons. The summed E-state index contributed by atoms with van der Waals surface area (Å²) in [5.74, 6) is -1.14. The normalized spacial score (nSPS) is 19.3. The number of rotatable bonds is 6. The van der Waals surface area contributed by atoms with Gasteiger partial charge in [0.1, 0.15) is 23.9 Å². The molecule has 5 rings (SSSR count). The zero-order chi connectivity index (χ0) is 22.2. The van der Waals surface area contributed by atoms with E-state index in [1.807, 2.05) is 0 Å². The van der Waals surface area contributed by atoms with Gasteiger partial charge in [-0.2, -0.15) is 0 Å². The molecule has 0 unspecified atom stereocenters. The first-order chi connectivity index (χ1) is 15.5. The Labute approximate surface area is 185 Å². The number of hydrogen-bond acceptors (Lipinski definition) is 4. The van der Waals surface area contributed by atoms with E-state index in [4.69, 9.17) is 4.74 Å². The summed E-state index contributed by atoms with van der Waals surface area (Å²) in [5, 5.41) is 3.18. The number of nitrogens with zero attached hydrogens (tertiary/aromatic N) is 3. The number of likely N-dealkylation sites (tertiary alicyclic amines) is 1. The fourth-order valence-electron chi connectivity index (χ4n) is 4.51. The molecule has 2 aliphatic rings. The smallest absolute Gasteiger partial charge is 0.270 e. The van der Waals surface area contributed by atoms with E-state index in [1.54, 1.807) is 29.7 Å². The van der Waals surface area contributed by atoms with Crippen molar-refractivity contribution in [2.45, 2.75) is 51.3 Å². The van der Waals surface area contributed by atoms with E-state index >= 15 is 0 Å². The standard InChI is InChI=1S/C24H26F2N4O2/c1-15-22(24(31)28-16-5-3-11-29(13-16)17-9-10-17)30-12-4-8-21(23(30)27-15)32-14-18-19(25)6-2-7-20(18)26/h2,4,6-8,12,16-17H,3,5,9-11,13-14H2,1H3,(H,28,31)/t16-/m0/s1. The van der Waals surface area contributed by atoms with Gasteiger partial charge >= 0.3 is 0 Å². The number of piperidine rings is 1. The molecule has 1 amide bonds. The second-order valence-corrected chi connectivity index (χ2v) is 8.64. The van der Waals surface area contributed by atoms with Gasteiger partial charge in [0.2, 0.25) is 0 Å². The van der Waals surface area contributed by atoms with Gasteiger partial charge in [0.05, 0.1) is 11.3 Å². The van der Waals surface area contributed by atoms with Gasteiger partial charge in [-0.25, -0.2) is 13.8 Å². The van der Waals surface area contributed by atoms with Crippen LogP contribution in [0.2, 0.25) is 0 Å². The number of benzene rings is 1. The number of imidazole rings is 1. The summed E-state index contributed by atoms with van der Waals surface area (Å²) in [6, 6.07) is 7.91. The van der Waals surface area contributed by atoms with Gasteiger partial charge in [0.15, 0.2) is 11.4 Å². The molecule has 8 heteroatoms. The Morgan fingerprint density at radius 2 is 1.97 bits per heavy atom. The fraction of sp³-hybridized carbons (Fsp3) is 0.417. The number of fused-ring (bicyclic) bond motifs is 1. The maximum Gasteiger partial charge on any atom is 0.270 e. The minimum Gasteiger partial charge on any atom is -0.485 e. The lowest BCUT2D eigenvalue weighted by molar-refractivity contribution is 0.0893. The van der Waals surface area contributed by atoms with Crippen LogP contribution in [0.3, 0.4) is 0 Å². The number of carbonyl (C=O) groups is 1. The van der Waals surface area contributed by atoms with Crippen molar-refractivity contribution in [1.29, 1.82) is 0 Å². The predicted molar refractivity (Wildman–Crippen MR) is 116 cm³/mol. The highest BCUT2D eigenvalue weighted by Crippen LogP contribution is 2.29. The molecule has 1 aliphatic carbocycles. The van der Waals surface area contributed by atoms with Crippen LogP contribution in [0.5, 0.6) is 5.75 Å². The molecule has 6 nitrogen and oxygen atoms in total. The van der Waals surface area contributed by atoms with Crippen LogP contribution in [0, 0.1) is 18.6 Å². The molecule has 1 saturated heterocycles. The molecule has 0 spiro atoms. The Balaban J connectivity index is 1.35. The summed E-state index contributed by atoms with van der Waals surface area (Å²) < 4.78 is 35.3. The lowest BCUT2D eigenvalue weighted by atomic mass is 10.1. The lowest BCUT2D eigenvalue weighted by Gasteiger charge is -2.33. The highest BCUT2D eigenvalue weighted by atomic mass is 19.1. The summed E-state index contributed by atoms with van der Waals surface area (Å²) in [4.78, 5) is 20.1. The molecule has 3 aromatic rings.